The highest BCUT2D eigenvalue weighted by Gasteiger charge is 2.24. The first-order valence-corrected chi connectivity index (χ1v) is 9.46. The molecule has 3 rings (SSSR count). The predicted octanol–water partition coefficient (Wildman–Crippen LogP) is 1.66. The minimum Gasteiger partial charge on any atom is -0.393 e. The Morgan fingerprint density at radius 2 is 1.96 bits per heavy atom. The van der Waals surface area contributed by atoms with E-state index < -0.39 is 5.91 Å². The third-order valence-electron chi connectivity index (χ3n) is 5.38. The maximum atomic E-state index is 11.7. The number of amides is 1. The number of rotatable bonds is 6. The number of methoxy groups -OCH3 is 1. The van der Waals surface area contributed by atoms with Crippen molar-refractivity contribution in [2.75, 3.05) is 17.7 Å². The first-order chi connectivity index (χ1) is 12.5. The van der Waals surface area contributed by atoms with Gasteiger partial charge in [-0.15, -0.1) is 0 Å². The molecule has 8 heteroatoms. The summed E-state index contributed by atoms with van der Waals surface area (Å²) in [7, 11) is 1.75. The molecule has 1 aromatic heterocycles. The molecule has 1 amide bonds. The normalized spacial score (nSPS) is 29.2. The van der Waals surface area contributed by atoms with Crippen LogP contribution in [0.3, 0.4) is 0 Å². The number of nitrogens with one attached hydrogen (secondary N) is 2. The minimum absolute atomic E-state index is 0.0803. The molecular formula is C18H29N5O3. The average Bonchev–Trinajstić information content (AvgIpc) is 2.62. The van der Waals surface area contributed by atoms with Crippen molar-refractivity contribution in [3.63, 3.8) is 0 Å². The first kappa shape index (κ1) is 18.8. The number of aliphatic hydroxyl groups excluding tert-OH is 1. The van der Waals surface area contributed by atoms with Gasteiger partial charge in [0.25, 0.3) is 5.91 Å². The topological polar surface area (TPSA) is 122 Å². The molecule has 26 heavy (non-hydrogen) atoms. The maximum absolute atomic E-state index is 11.7. The van der Waals surface area contributed by atoms with Gasteiger partial charge in [0.2, 0.25) is 5.95 Å². The van der Waals surface area contributed by atoms with Gasteiger partial charge in [0.05, 0.1) is 17.8 Å². The Morgan fingerprint density at radius 3 is 2.62 bits per heavy atom. The van der Waals surface area contributed by atoms with E-state index in [0.717, 1.165) is 44.9 Å². The van der Waals surface area contributed by atoms with Crippen LogP contribution in [0.5, 0.6) is 0 Å². The molecule has 1 heterocycles. The van der Waals surface area contributed by atoms with Crippen LogP contribution in [0.4, 0.5) is 11.8 Å². The molecule has 2 aliphatic rings. The van der Waals surface area contributed by atoms with Crippen LogP contribution >= 0.6 is 0 Å². The van der Waals surface area contributed by atoms with Gasteiger partial charge in [0.1, 0.15) is 5.82 Å². The largest absolute Gasteiger partial charge is 0.393 e. The molecule has 2 aliphatic carbocycles. The van der Waals surface area contributed by atoms with Crippen LogP contribution in [0, 0.1) is 0 Å². The first-order valence-electron chi connectivity index (χ1n) is 9.46. The SMILES string of the molecule is COC1CCC(Nc2ncc(C(N)=O)c(N[C@H]3CCC[C@H](O)C3)n2)CC1. The highest BCUT2D eigenvalue weighted by atomic mass is 16.5. The summed E-state index contributed by atoms with van der Waals surface area (Å²) in [5.41, 5.74) is 5.75. The van der Waals surface area contributed by atoms with Crippen molar-refractivity contribution >= 4 is 17.7 Å². The molecule has 2 atom stereocenters. The summed E-state index contributed by atoms with van der Waals surface area (Å²) in [5, 5.41) is 16.5. The molecule has 0 aromatic carbocycles. The van der Waals surface area contributed by atoms with E-state index in [1.54, 1.807) is 7.11 Å². The van der Waals surface area contributed by atoms with Gasteiger partial charge in [-0.3, -0.25) is 4.79 Å². The number of hydrogen-bond donors (Lipinski definition) is 4. The quantitative estimate of drug-likeness (QED) is 0.606. The second-order valence-corrected chi connectivity index (χ2v) is 7.34. The monoisotopic (exact) mass is 363 g/mol. The molecule has 2 fully saturated rings. The highest BCUT2D eigenvalue weighted by Crippen LogP contribution is 2.25. The van der Waals surface area contributed by atoms with Crippen LogP contribution in [0.25, 0.3) is 0 Å². The van der Waals surface area contributed by atoms with Gasteiger partial charge in [-0.2, -0.15) is 4.98 Å². The average molecular weight is 363 g/mol. The van der Waals surface area contributed by atoms with Crippen LogP contribution < -0.4 is 16.4 Å². The van der Waals surface area contributed by atoms with Crippen molar-refractivity contribution in [2.45, 2.75) is 75.7 Å². The molecule has 8 nitrogen and oxygen atoms in total. The van der Waals surface area contributed by atoms with Gasteiger partial charge in [0.15, 0.2) is 0 Å². The number of hydrogen-bond acceptors (Lipinski definition) is 7. The van der Waals surface area contributed by atoms with Crippen LogP contribution in [-0.4, -0.2) is 52.4 Å². The van der Waals surface area contributed by atoms with Gasteiger partial charge in [-0.25, -0.2) is 4.98 Å². The number of ether oxygens (including phenoxy) is 1. The third-order valence-corrected chi connectivity index (χ3v) is 5.38. The fourth-order valence-corrected chi connectivity index (χ4v) is 3.86. The standard InChI is InChI=1S/C18H29N5O3/c1-26-14-7-5-11(6-8-14)22-18-20-10-15(16(19)25)17(23-18)21-12-3-2-4-13(24)9-12/h10-14,24H,2-9H2,1H3,(H2,19,25)(H2,20,21,22,23)/t11?,12-,13-,14?/m0/s1. The zero-order chi connectivity index (χ0) is 18.5. The summed E-state index contributed by atoms with van der Waals surface area (Å²) in [4.78, 5) is 20.5. The fraction of sp³-hybridized carbons (Fsp3) is 0.722. The van der Waals surface area contributed by atoms with E-state index in [-0.39, 0.29) is 17.7 Å². The lowest BCUT2D eigenvalue weighted by Crippen LogP contribution is -2.32. The second kappa shape index (κ2) is 8.64. The summed E-state index contributed by atoms with van der Waals surface area (Å²) < 4.78 is 5.40. The Morgan fingerprint density at radius 1 is 1.19 bits per heavy atom. The maximum Gasteiger partial charge on any atom is 0.254 e. The molecule has 0 radical (unpaired) electrons. The molecule has 2 saturated carbocycles. The number of carbonyl (C=O) groups excluding carboxylic acids is 1. The highest BCUT2D eigenvalue weighted by molar-refractivity contribution is 5.97. The van der Waals surface area contributed by atoms with E-state index >= 15 is 0 Å². The van der Waals surface area contributed by atoms with Crippen LogP contribution in [-0.2, 0) is 4.74 Å². The van der Waals surface area contributed by atoms with Gasteiger partial charge in [-0.05, 0) is 51.4 Å². The Labute approximate surface area is 153 Å². The number of nitrogens with two attached hydrogens (primary N) is 1. The smallest absolute Gasteiger partial charge is 0.254 e. The molecule has 144 valence electrons. The predicted molar refractivity (Wildman–Crippen MR) is 99.1 cm³/mol. The molecule has 5 N–H and O–H groups in total. The van der Waals surface area contributed by atoms with E-state index in [9.17, 15) is 9.90 Å². The van der Waals surface area contributed by atoms with Crippen LogP contribution in [0.1, 0.15) is 61.7 Å². The number of carbonyl (C=O) groups is 1. The lowest BCUT2D eigenvalue weighted by molar-refractivity contribution is 0.0681. The summed E-state index contributed by atoms with van der Waals surface area (Å²) in [6.45, 7) is 0. The van der Waals surface area contributed by atoms with E-state index in [1.165, 1.54) is 6.20 Å². The molecule has 0 aliphatic heterocycles. The van der Waals surface area contributed by atoms with E-state index in [2.05, 4.69) is 20.6 Å². The minimum atomic E-state index is -0.559. The van der Waals surface area contributed by atoms with Crippen molar-refractivity contribution < 1.29 is 14.6 Å². The summed E-state index contributed by atoms with van der Waals surface area (Å²) in [5.74, 6) is 0.380. The van der Waals surface area contributed by atoms with Crippen molar-refractivity contribution in [3.05, 3.63) is 11.8 Å². The number of anilines is 2. The Hall–Kier alpha value is -1.93. The summed E-state index contributed by atoms with van der Waals surface area (Å²) >= 11 is 0. The summed E-state index contributed by atoms with van der Waals surface area (Å²) in [6.07, 6.45) is 8.86. The molecular weight excluding hydrogens is 334 g/mol. The van der Waals surface area contributed by atoms with E-state index in [1.807, 2.05) is 0 Å². The summed E-state index contributed by atoms with van der Waals surface area (Å²) in [6, 6.07) is 0.377. The third kappa shape index (κ3) is 4.82. The number of primary amides is 1. The zero-order valence-corrected chi connectivity index (χ0v) is 15.3. The molecule has 0 saturated heterocycles. The molecule has 0 bridgehead atoms. The Kier molecular flexibility index (Phi) is 6.26. The van der Waals surface area contributed by atoms with Crippen molar-refractivity contribution in [2.24, 2.45) is 5.73 Å². The molecule has 1 aromatic rings. The Balaban J connectivity index is 1.68. The molecule has 0 spiro atoms. The lowest BCUT2D eigenvalue weighted by atomic mass is 9.93. The molecule has 0 unspecified atom stereocenters. The van der Waals surface area contributed by atoms with Gasteiger partial charge in [0, 0.05) is 25.4 Å². The lowest BCUT2D eigenvalue weighted by Gasteiger charge is -2.29. The Bertz CT molecular complexity index is 619. The number of aromatic nitrogens is 2. The second-order valence-electron chi connectivity index (χ2n) is 7.34. The van der Waals surface area contributed by atoms with Crippen LogP contribution in [0.15, 0.2) is 6.20 Å². The van der Waals surface area contributed by atoms with E-state index in [0.29, 0.717) is 30.3 Å². The fourth-order valence-electron chi connectivity index (χ4n) is 3.86. The van der Waals surface area contributed by atoms with Gasteiger partial charge < -0.3 is 26.2 Å². The number of nitrogens with zero attached hydrogens (tertiary/aromatic N) is 2. The van der Waals surface area contributed by atoms with Crippen molar-refractivity contribution in [3.8, 4) is 0 Å². The van der Waals surface area contributed by atoms with Gasteiger partial charge in [-0.1, -0.05) is 0 Å². The zero-order valence-electron chi connectivity index (χ0n) is 15.3. The van der Waals surface area contributed by atoms with Crippen molar-refractivity contribution in [1.82, 2.24) is 9.97 Å². The van der Waals surface area contributed by atoms with E-state index in [4.69, 9.17) is 10.5 Å². The van der Waals surface area contributed by atoms with Crippen molar-refractivity contribution in [1.29, 1.82) is 0 Å². The van der Waals surface area contributed by atoms with Crippen LogP contribution in [0.2, 0.25) is 0 Å². The van der Waals surface area contributed by atoms with Gasteiger partial charge >= 0.3 is 0 Å². The number of aliphatic hydroxyl groups is 1.